The summed E-state index contributed by atoms with van der Waals surface area (Å²) in [6.45, 7) is 3.43. The molecule has 12 heteroatoms. The number of halogens is 2. The summed E-state index contributed by atoms with van der Waals surface area (Å²) in [7, 11) is 1.50. The minimum Gasteiger partial charge on any atom is -0.434 e. The number of alkyl halides is 2. The Kier molecular flexibility index (Phi) is 9.66. The molecule has 1 aliphatic carbocycles. The second-order valence-corrected chi connectivity index (χ2v) is 11.3. The number of nitrogens with two attached hydrogens (primary N) is 1. The summed E-state index contributed by atoms with van der Waals surface area (Å²) >= 11 is 0. The highest BCUT2D eigenvalue weighted by molar-refractivity contribution is 6.00. The van der Waals surface area contributed by atoms with Gasteiger partial charge in [0, 0.05) is 36.2 Å². The van der Waals surface area contributed by atoms with Crippen molar-refractivity contribution in [2.24, 2.45) is 28.9 Å². The number of carbonyl (C=O) groups excluding carboxylic acids is 3. The number of amides is 3. The number of para-hydroxylation sites is 1. The number of fused-ring (bicyclic) bond motifs is 2. The molecule has 4 unspecified atom stereocenters. The number of nitrogens with zero attached hydrogens (tertiary/aromatic N) is 3. The minimum absolute atomic E-state index is 0.0767. The Labute approximate surface area is 248 Å². The van der Waals surface area contributed by atoms with Crippen LogP contribution in [0.15, 0.2) is 54.6 Å². The molecule has 6 rings (SSSR count). The number of rotatable bonds is 6. The van der Waals surface area contributed by atoms with Gasteiger partial charge in [0.15, 0.2) is 0 Å². The van der Waals surface area contributed by atoms with E-state index in [2.05, 4.69) is 34.6 Å². The SMILES string of the molecule is CC1(C)C2CN(C(=O)c3cc4c(OC(F)F)cccc4[nH]3)CC21.CN.N#CC1CC(C(=O)Nc2ccccc2)CN1C=O. The lowest BCUT2D eigenvalue weighted by atomic mass is 10.1. The van der Waals surface area contributed by atoms with Crippen molar-refractivity contribution in [2.45, 2.75) is 32.9 Å². The topological polar surface area (TPSA) is 145 Å². The van der Waals surface area contributed by atoms with E-state index in [1.807, 2.05) is 29.2 Å². The van der Waals surface area contributed by atoms with E-state index >= 15 is 0 Å². The van der Waals surface area contributed by atoms with Crippen LogP contribution in [0.1, 0.15) is 30.8 Å². The maximum absolute atomic E-state index is 12.6. The van der Waals surface area contributed by atoms with Gasteiger partial charge in [-0.15, -0.1) is 0 Å². The normalized spacial score (nSPS) is 22.8. The number of benzene rings is 2. The summed E-state index contributed by atoms with van der Waals surface area (Å²) in [6.07, 6.45) is 1.03. The standard InChI is InChI=1S/C17H18F2N2O2.C13H13N3O2.CH5N/c1-17(2)10-7-21(8-11(10)17)15(22)13-6-9-12(20-13)4-3-5-14(9)23-16(18)19;14-7-12-6-10(8-16(12)9-17)13(18)15-11-4-2-1-3-5-11;1-2/h3-6,10-11,16,20H,7-8H2,1-2H3;1-5,9-10,12H,6,8H2,(H,15,18);2H2,1H3. The molecular formula is C31H36F2N6O4. The molecule has 3 aliphatic rings. The molecule has 1 aromatic heterocycles. The van der Waals surface area contributed by atoms with E-state index in [1.54, 1.807) is 30.3 Å². The first kappa shape index (κ1) is 31.4. The van der Waals surface area contributed by atoms with E-state index in [0.717, 1.165) is 18.8 Å². The Morgan fingerprint density at radius 1 is 1.12 bits per heavy atom. The number of nitriles is 1. The molecule has 2 aliphatic heterocycles. The summed E-state index contributed by atoms with van der Waals surface area (Å²) in [4.78, 5) is 41.6. The molecule has 0 radical (unpaired) electrons. The predicted octanol–water partition coefficient (Wildman–Crippen LogP) is 4.07. The highest BCUT2D eigenvalue weighted by Crippen LogP contribution is 2.62. The number of aromatic amines is 1. The Hall–Kier alpha value is -4.50. The van der Waals surface area contributed by atoms with Gasteiger partial charge < -0.3 is 30.6 Å². The molecule has 10 nitrogen and oxygen atoms in total. The Balaban J connectivity index is 0.000000192. The first-order chi connectivity index (χ1) is 20.6. The van der Waals surface area contributed by atoms with Crippen molar-refractivity contribution >= 4 is 34.8 Å². The van der Waals surface area contributed by atoms with E-state index in [9.17, 15) is 23.2 Å². The number of carbonyl (C=O) groups is 3. The molecule has 3 amide bonds. The van der Waals surface area contributed by atoms with Crippen LogP contribution in [-0.4, -0.2) is 72.3 Å². The van der Waals surface area contributed by atoms with Crippen molar-refractivity contribution < 1.29 is 27.9 Å². The molecule has 1 saturated carbocycles. The Morgan fingerprint density at radius 3 is 2.37 bits per heavy atom. The summed E-state index contributed by atoms with van der Waals surface area (Å²) in [5.74, 6) is 0.693. The number of ether oxygens (including phenoxy) is 1. The third kappa shape index (κ3) is 6.78. The largest absolute Gasteiger partial charge is 0.434 e. The fourth-order valence-corrected chi connectivity index (χ4v) is 5.97. The minimum atomic E-state index is -2.89. The van der Waals surface area contributed by atoms with Gasteiger partial charge in [0.1, 0.15) is 17.5 Å². The van der Waals surface area contributed by atoms with Crippen LogP contribution in [0.2, 0.25) is 0 Å². The van der Waals surface area contributed by atoms with E-state index < -0.39 is 12.7 Å². The maximum atomic E-state index is 12.6. The van der Waals surface area contributed by atoms with Crippen LogP contribution in [0.3, 0.4) is 0 Å². The molecule has 2 saturated heterocycles. The Bertz CT molecular complexity index is 1470. The van der Waals surface area contributed by atoms with Crippen molar-refractivity contribution in [1.29, 1.82) is 5.26 Å². The number of H-pyrrole nitrogens is 1. The number of nitrogens with one attached hydrogen (secondary N) is 2. The van der Waals surface area contributed by atoms with Gasteiger partial charge in [-0.05, 0) is 61.1 Å². The lowest BCUT2D eigenvalue weighted by molar-refractivity contribution is -0.120. The molecule has 0 spiro atoms. The van der Waals surface area contributed by atoms with Crippen molar-refractivity contribution in [2.75, 3.05) is 32.0 Å². The highest BCUT2D eigenvalue weighted by Gasteiger charge is 2.62. The van der Waals surface area contributed by atoms with E-state index in [1.165, 1.54) is 18.0 Å². The van der Waals surface area contributed by atoms with Gasteiger partial charge in [0.2, 0.25) is 12.3 Å². The first-order valence-corrected chi connectivity index (χ1v) is 14.0. The van der Waals surface area contributed by atoms with E-state index in [4.69, 9.17) is 5.26 Å². The predicted molar refractivity (Wildman–Crippen MR) is 157 cm³/mol. The zero-order valence-corrected chi connectivity index (χ0v) is 24.3. The lowest BCUT2D eigenvalue weighted by Crippen LogP contribution is -2.33. The molecule has 0 bridgehead atoms. The van der Waals surface area contributed by atoms with Gasteiger partial charge in [-0.2, -0.15) is 14.0 Å². The van der Waals surface area contributed by atoms with Crippen LogP contribution < -0.4 is 15.8 Å². The first-order valence-electron chi connectivity index (χ1n) is 14.0. The molecule has 4 atom stereocenters. The number of hydrogen-bond donors (Lipinski definition) is 3. The summed E-state index contributed by atoms with van der Waals surface area (Å²) in [5.41, 5.74) is 6.61. The van der Waals surface area contributed by atoms with Crippen molar-refractivity contribution in [3.05, 3.63) is 60.3 Å². The second kappa shape index (κ2) is 13.2. The van der Waals surface area contributed by atoms with Crippen LogP contribution in [0, 0.1) is 34.5 Å². The van der Waals surface area contributed by atoms with Crippen LogP contribution in [-0.2, 0) is 9.59 Å². The van der Waals surface area contributed by atoms with Crippen LogP contribution in [0.25, 0.3) is 10.9 Å². The van der Waals surface area contributed by atoms with Gasteiger partial charge in [-0.1, -0.05) is 38.1 Å². The molecule has 2 aromatic carbocycles. The van der Waals surface area contributed by atoms with Crippen LogP contribution in [0.5, 0.6) is 5.75 Å². The molecule has 228 valence electrons. The van der Waals surface area contributed by atoms with Crippen LogP contribution in [0.4, 0.5) is 14.5 Å². The van der Waals surface area contributed by atoms with Gasteiger partial charge >= 0.3 is 6.61 Å². The fourth-order valence-electron chi connectivity index (χ4n) is 5.97. The number of anilines is 1. The zero-order chi connectivity index (χ0) is 31.3. The van der Waals surface area contributed by atoms with Gasteiger partial charge in [-0.25, -0.2) is 0 Å². The van der Waals surface area contributed by atoms with Crippen molar-refractivity contribution in [1.82, 2.24) is 14.8 Å². The fraction of sp³-hybridized carbons (Fsp3) is 0.419. The second-order valence-electron chi connectivity index (χ2n) is 11.3. The zero-order valence-electron chi connectivity index (χ0n) is 24.3. The lowest BCUT2D eigenvalue weighted by Gasteiger charge is -2.21. The highest BCUT2D eigenvalue weighted by atomic mass is 19.3. The number of aromatic nitrogens is 1. The number of piperidine rings is 1. The molecular weight excluding hydrogens is 558 g/mol. The third-order valence-electron chi connectivity index (χ3n) is 8.52. The Morgan fingerprint density at radius 2 is 1.79 bits per heavy atom. The van der Waals surface area contributed by atoms with E-state index in [0.29, 0.717) is 53.2 Å². The summed E-state index contributed by atoms with van der Waals surface area (Å²) in [5, 5.41) is 12.2. The number of hydrogen-bond acceptors (Lipinski definition) is 6. The van der Waals surface area contributed by atoms with Gasteiger partial charge in [0.05, 0.1) is 12.0 Å². The average Bonchev–Trinajstić information content (AvgIpc) is 3.57. The third-order valence-corrected chi connectivity index (χ3v) is 8.52. The molecule has 4 N–H and O–H groups in total. The van der Waals surface area contributed by atoms with Crippen molar-refractivity contribution in [3.8, 4) is 11.8 Å². The van der Waals surface area contributed by atoms with Gasteiger partial charge in [-0.3, -0.25) is 14.4 Å². The monoisotopic (exact) mass is 594 g/mol. The van der Waals surface area contributed by atoms with Crippen molar-refractivity contribution in [3.63, 3.8) is 0 Å². The van der Waals surface area contributed by atoms with Gasteiger partial charge in [0.25, 0.3) is 5.91 Å². The molecule has 3 aromatic rings. The quantitative estimate of drug-likeness (QED) is 0.367. The van der Waals surface area contributed by atoms with Crippen LogP contribution >= 0.6 is 0 Å². The maximum Gasteiger partial charge on any atom is 0.387 e. The average molecular weight is 595 g/mol. The number of likely N-dealkylation sites (tertiary alicyclic amines) is 2. The molecule has 3 fully saturated rings. The summed E-state index contributed by atoms with van der Waals surface area (Å²) < 4.78 is 29.5. The smallest absolute Gasteiger partial charge is 0.387 e. The molecule has 3 heterocycles. The molecule has 43 heavy (non-hydrogen) atoms. The van der Waals surface area contributed by atoms with E-state index in [-0.39, 0.29) is 23.5 Å². The summed E-state index contributed by atoms with van der Waals surface area (Å²) in [6, 6.07) is 17.1.